The van der Waals surface area contributed by atoms with Crippen molar-refractivity contribution < 1.29 is 13.3 Å². The molecule has 0 aliphatic heterocycles. The molecular weight excluding hydrogens is 242 g/mol. The van der Waals surface area contributed by atoms with Gasteiger partial charge in [0, 0.05) is 11.6 Å². The van der Waals surface area contributed by atoms with E-state index in [0.717, 1.165) is 0 Å². The van der Waals surface area contributed by atoms with Crippen LogP contribution in [0.3, 0.4) is 0 Å². The average Bonchev–Trinajstić information content (AvgIpc) is 2.27. The molecular formula is C11H15NO4S. The van der Waals surface area contributed by atoms with E-state index in [9.17, 15) is 18.5 Å². The molecule has 1 rings (SSSR count). The van der Waals surface area contributed by atoms with Gasteiger partial charge < -0.3 is 0 Å². The lowest BCUT2D eigenvalue weighted by molar-refractivity contribution is -0.385. The quantitative estimate of drug-likeness (QED) is 0.613. The number of sulfone groups is 1. The predicted octanol–water partition coefficient (Wildman–Crippen LogP) is 2.48. The van der Waals surface area contributed by atoms with Crippen molar-refractivity contribution in [3.8, 4) is 0 Å². The SMILES string of the molecule is CC(C)S(=O)(=O)C(C)c1ccccc1[N+](=O)[O-]. The average molecular weight is 257 g/mol. The van der Waals surface area contributed by atoms with Gasteiger partial charge in [0.15, 0.2) is 9.84 Å². The van der Waals surface area contributed by atoms with E-state index in [0.29, 0.717) is 0 Å². The molecule has 5 nitrogen and oxygen atoms in total. The summed E-state index contributed by atoms with van der Waals surface area (Å²) < 4.78 is 24.0. The van der Waals surface area contributed by atoms with Crippen LogP contribution in [0.2, 0.25) is 0 Å². The Balaban J connectivity index is 3.31. The van der Waals surface area contributed by atoms with Crippen molar-refractivity contribution in [2.75, 3.05) is 0 Å². The summed E-state index contributed by atoms with van der Waals surface area (Å²) in [5.74, 6) is 0. The second-order valence-corrected chi connectivity index (χ2v) is 6.92. The summed E-state index contributed by atoms with van der Waals surface area (Å²) >= 11 is 0. The Morgan fingerprint density at radius 3 is 2.18 bits per heavy atom. The van der Waals surface area contributed by atoms with Crippen molar-refractivity contribution in [3.05, 3.63) is 39.9 Å². The van der Waals surface area contributed by atoms with Gasteiger partial charge in [-0.05, 0) is 20.8 Å². The second kappa shape index (κ2) is 4.83. The number of hydrogen-bond acceptors (Lipinski definition) is 4. The lowest BCUT2D eigenvalue weighted by atomic mass is 10.1. The van der Waals surface area contributed by atoms with Gasteiger partial charge >= 0.3 is 0 Å². The normalized spacial score (nSPS) is 13.6. The molecule has 0 aliphatic rings. The number of benzene rings is 1. The standard InChI is InChI=1S/C11H15NO4S/c1-8(2)17(15,16)9(3)10-6-4-5-7-11(10)12(13)14/h4-9H,1-3H3. The van der Waals surface area contributed by atoms with E-state index >= 15 is 0 Å². The molecule has 0 bridgehead atoms. The molecule has 1 atom stereocenters. The summed E-state index contributed by atoms with van der Waals surface area (Å²) in [6.45, 7) is 4.62. The van der Waals surface area contributed by atoms with E-state index in [4.69, 9.17) is 0 Å². The Labute approximate surface area is 101 Å². The van der Waals surface area contributed by atoms with Gasteiger partial charge in [0.2, 0.25) is 0 Å². The highest BCUT2D eigenvalue weighted by Crippen LogP contribution is 2.31. The van der Waals surface area contributed by atoms with Gasteiger partial charge in [0.05, 0.1) is 15.4 Å². The van der Waals surface area contributed by atoms with E-state index in [-0.39, 0.29) is 11.3 Å². The minimum Gasteiger partial charge on any atom is -0.258 e. The zero-order valence-corrected chi connectivity index (χ0v) is 10.8. The van der Waals surface area contributed by atoms with Crippen LogP contribution in [0.25, 0.3) is 0 Å². The zero-order chi connectivity index (χ0) is 13.2. The molecule has 0 amide bonds. The number of rotatable bonds is 4. The third kappa shape index (κ3) is 2.63. The van der Waals surface area contributed by atoms with Crippen molar-refractivity contribution in [3.63, 3.8) is 0 Å². The van der Waals surface area contributed by atoms with Crippen molar-refractivity contribution in [2.45, 2.75) is 31.3 Å². The molecule has 0 heterocycles. The van der Waals surface area contributed by atoms with Crippen molar-refractivity contribution >= 4 is 15.5 Å². The van der Waals surface area contributed by atoms with E-state index in [1.54, 1.807) is 19.9 Å². The van der Waals surface area contributed by atoms with Crippen LogP contribution in [0.4, 0.5) is 5.69 Å². The third-order valence-electron chi connectivity index (χ3n) is 2.72. The fourth-order valence-corrected chi connectivity index (χ4v) is 2.95. The van der Waals surface area contributed by atoms with Gasteiger partial charge in [-0.1, -0.05) is 18.2 Å². The fraction of sp³-hybridized carbons (Fsp3) is 0.455. The van der Waals surface area contributed by atoms with Crippen LogP contribution in [0.15, 0.2) is 24.3 Å². The maximum Gasteiger partial charge on any atom is 0.273 e. The van der Waals surface area contributed by atoms with Gasteiger partial charge in [-0.3, -0.25) is 10.1 Å². The number of nitro benzene ring substituents is 1. The molecule has 0 saturated carbocycles. The predicted molar refractivity (Wildman–Crippen MR) is 65.6 cm³/mol. The van der Waals surface area contributed by atoms with E-state index in [1.807, 2.05) is 0 Å². The largest absolute Gasteiger partial charge is 0.273 e. The molecule has 0 aromatic heterocycles. The maximum absolute atomic E-state index is 12.0. The Morgan fingerprint density at radius 1 is 1.18 bits per heavy atom. The number of hydrogen-bond donors (Lipinski definition) is 0. The van der Waals surface area contributed by atoms with Crippen molar-refractivity contribution in [1.29, 1.82) is 0 Å². The molecule has 17 heavy (non-hydrogen) atoms. The molecule has 94 valence electrons. The van der Waals surface area contributed by atoms with Crippen molar-refractivity contribution in [1.82, 2.24) is 0 Å². The Kier molecular flexibility index (Phi) is 3.87. The number of nitrogens with zero attached hydrogens (tertiary/aromatic N) is 1. The highest BCUT2D eigenvalue weighted by atomic mass is 32.2. The molecule has 6 heteroatoms. The van der Waals surface area contributed by atoms with Gasteiger partial charge in [-0.15, -0.1) is 0 Å². The fourth-order valence-electron chi connectivity index (χ4n) is 1.58. The summed E-state index contributed by atoms with van der Waals surface area (Å²) in [6.07, 6.45) is 0. The van der Waals surface area contributed by atoms with Crippen LogP contribution in [0, 0.1) is 10.1 Å². The van der Waals surface area contributed by atoms with Crippen LogP contribution < -0.4 is 0 Å². The first-order valence-electron chi connectivity index (χ1n) is 5.24. The first-order chi connectivity index (χ1) is 7.78. The van der Waals surface area contributed by atoms with Crippen molar-refractivity contribution in [2.24, 2.45) is 0 Å². The molecule has 1 aromatic rings. The highest BCUT2D eigenvalue weighted by molar-refractivity contribution is 7.92. The van der Waals surface area contributed by atoms with E-state index in [2.05, 4.69) is 0 Å². The van der Waals surface area contributed by atoms with Gasteiger partial charge in [0.25, 0.3) is 5.69 Å². The Hall–Kier alpha value is -1.43. The second-order valence-electron chi connectivity index (χ2n) is 4.10. The molecule has 0 N–H and O–H groups in total. The van der Waals surface area contributed by atoms with Crippen LogP contribution in [0.5, 0.6) is 0 Å². The smallest absolute Gasteiger partial charge is 0.258 e. The summed E-state index contributed by atoms with van der Waals surface area (Å²) in [6, 6.07) is 5.94. The number of nitro groups is 1. The first kappa shape index (κ1) is 13.6. The summed E-state index contributed by atoms with van der Waals surface area (Å²) in [5, 5.41) is 9.40. The Bertz CT molecular complexity index is 522. The van der Waals surface area contributed by atoms with Crippen LogP contribution in [-0.2, 0) is 9.84 Å². The lowest BCUT2D eigenvalue weighted by Gasteiger charge is -2.15. The van der Waals surface area contributed by atoms with E-state index < -0.39 is 25.3 Å². The van der Waals surface area contributed by atoms with E-state index in [1.165, 1.54) is 25.1 Å². The molecule has 0 spiro atoms. The highest BCUT2D eigenvalue weighted by Gasteiger charge is 2.30. The minimum atomic E-state index is -3.39. The van der Waals surface area contributed by atoms with Gasteiger partial charge in [-0.25, -0.2) is 8.42 Å². The molecule has 0 fully saturated rings. The number of para-hydroxylation sites is 1. The summed E-state index contributed by atoms with van der Waals surface area (Å²) in [7, 11) is -3.39. The van der Waals surface area contributed by atoms with Gasteiger partial charge in [0.1, 0.15) is 0 Å². The maximum atomic E-state index is 12.0. The molecule has 1 unspecified atom stereocenters. The first-order valence-corrected chi connectivity index (χ1v) is 6.85. The minimum absolute atomic E-state index is 0.149. The van der Waals surface area contributed by atoms with Gasteiger partial charge in [-0.2, -0.15) is 0 Å². The van der Waals surface area contributed by atoms with Crippen LogP contribution >= 0.6 is 0 Å². The monoisotopic (exact) mass is 257 g/mol. The topological polar surface area (TPSA) is 77.3 Å². The van der Waals surface area contributed by atoms with Crippen LogP contribution in [-0.4, -0.2) is 18.6 Å². The Morgan fingerprint density at radius 2 is 1.71 bits per heavy atom. The molecule has 0 radical (unpaired) electrons. The zero-order valence-electron chi connectivity index (χ0n) is 9.95. The summed E-state index contributed by atoms with van der Waals surface area (Å²) in [5.41, 5.74) is 0.0930. The van der Waals surface area contributed by atoms with Crippen LogP contribution in [0.1, 0.15) is 31.6 Å². The molecule has 0 aliphatic carbocycles. The molecule has 0 saturated heterocycles. The third-order valence-corrected chi connectivity index (χ3v) is 5.27. The lowest BCUT2D eigenvalue weighted by Crippen LogP contribution is -2.20. The summed E-state index contributed by atoms with van der Waals surface area (Å²) in [4.78, 5) is 10.3. The molecule has 1 aromatic carbocycles.